The fourth-order valence-corrected chi connectivity index (χ4v) is 10.9. The topological polar surface area (TPSA) is 146 Å². The molecule has 0 unspecified atom stereocenters. The first-order valence-electron chi connectivity index (χ1n) is 19.6. The number of nitrogens with zero attached hydrogens (tertiary/aromatic N) is 5. The van der Waals surface area contributed by atoms with Gasteiger partial charge < -0.3 is 34.8 Å². The molecule has 0 amide bonds. The van der Waals surface area contributed by atoms with Gasteiger partial charge in [-0.15, -0.1) is 5.10 Å². The molecule has 4 fully saturated rings. The fourth-order valence-electron chi connectivity index (χ4n) is 10.9. The number of alkyl halides is 3. The summed E-state index contributed by atoms with van der Waals surface area (Å²) >= 11 is 0. The van der Waals surface area contributed by atoms with E-state index in [0.717, 1.165) is 89.9 Å². The van der Waals surface area contributed by atoms with Gasteiger partial charge in [-0.25, -0.2) is 9.67 Å². The summed E-state index contributed by atoms with van der Waals surface area (Å²) in [6.45, 7) is 6.59. The first kappa shape index (κ1) is 37.6. The average molecular weight is 756 g/mol. The van der Waals surface area contributed by atoms with Crippen LogP contribution in [-0.2, 0) is 17.3 Å². The van der Waals surface area contributed by atoms with Gasteiger partial charge in [-0.1, -0.05) is 24.3 Å². The maximum atomic E-state index is 13.3. The number of aromatic nitrogens is 4. The Morgan fingerprint density at radius 3 is 2.59 bits per heavy atom. The normalized spacial score (nSPS) is 36.0. The lowest BCUT2D eigenvalue weighted by Gasteiger charge is -2.53. The van der Waals surface area contributed by atoms with Crippen LogP contribution >= 0.6 is 0 Å². The highest BCUT2D eigenvalue weighted by Crippen LogP contribution is 2.65. The molecule has 2 aliphatic heterocycles. The quantitative estimate of drug-likeness (QED) is 0.225. The third-order valence-corrected chi connectivity index (χ3v) is 13.9. The van der Waals surface area contributed by atoms with Crippen molar-refractivity contribution in [3.05, 3.63) is 65.1 Å². The SMILES string of the molecule is C[C@H]1O[C@H](c2cn(C3CCN(CCC[C@]4(O)CC[C@H]5[C@@H]6CCc7cc(O)ccc7[C@H]6CC[C@@]54C)CC3)nn2)[C@H](Oc2cccc(C(F)(F)F)n2)[C@@H](O)[C@H]1O. The molecule has 3 aliphatic carbocycles. The van der Waals surface area contributed by atoms with Crippen molar-refractivity contribution in [1.29, 1.82) is 0 Å². The maximum absolute atomic E-state index is 13.3. The van der Waals surface area contributed by atoms with Gasteiger partial charge >= 0.3 is 6.18 Å². The Morgan fingerprint density at radius 1 is 1.02 bits per heavy atom. The number of pyridine rings is 1. The van der Waals surface area contributed by atoms with Crippen LogP contribution in [0.1, 0.15) is 112 Å². The van der Waals surface area contributed by atoms with Gasteiger partial charge in [0.1, 0.15) is 35.4 Å². The van der Waals surface area contributed by atoms with Gasteiger partial charge in [0.05, 0.1) is 23.9 Å². The number of piperidine rings is 1. The molecule has 2 saturated carbocycles. The summed E-state index contributed by atoms with van der Waals surface area (Å²) in [6.07, 6.45) is 0.744. The number of aromatic hydroxyl groups is 1. The number of aliphatic hydroxyl groups excluding tert-OH is 2. The number of likely N-dealkylation sites (tertiary alicyclic amines) is 1. The number of fused-ring (bicyclic) bond motifs is 5. The molecule has 0 radical (unpaired) electrons. The molecule has 4 N–H and O–H groups in total. The Balaban J connectivity index is 0.857. The van der Waals surface area contributed by atoms with Crippen LogP contribution in [0, 0.1) is 17.3 Å². The Kier molecular flexibility index (Phi) is 9.98. The number of rotatable bonds is 8. The van der Waals surface area contributed by atoms with Crippen LogP contribution in [0.15, 0.2) is 42.6 Å². The van der Waals surface area contributed by atoms with Crippen molar-refractivity contribution < 1.29 is 43.1 Å². The summed E-state index contributed by atoms with van der Waals surface area (Å²) in [4.78, 5) is 6.01. The number of hydrogen-bond donors (Lipinski definition) is 4. The minimum absolute atomic E-state index is 0.0713. The second kappa shape index (κ2) is 14.3. The summed E-state index contributed by atoms with van der Waals surface area (Å²) in [6, 6.07) is 9.23. The number of aliphatic hydroxyl groups is 3. The molecule has 54 heavy (non-hydrogen) atoms. The van der Waals surface area contributed by atoms with Gasteiger partial charge in [-0.2, -0.15) is 13.2 Å². The van der Waals surface area contributed by atoms with E-state index in [4.69, 9.17) is 9.47 Å². The zero-order valence-electron chi connectivity index (χ0n) is 30.9. The van der Waals surface area contributed by atoms with E-state index in [9.17, 15) is 33.6 Å². The molecule has 3 aromatic rings. The lowest BCUT2D eigenvalue weighted by atomic mass is 9.53. The smallest absolute Gasteiger partial charge is 0.433 e. The van der Waals surface area contributed by atoms with Crippen molar-refractivity contribution in [3.63, 3.8) is 0 Å². The Labute approximate surface area is 313 Å². The standard InChI is InChI=1S/C40H52F3N5O6/c1-23-34(50)35(51)37(54-33-6-3-5-32(44-33)40(41,42)43)36(53-23)31-22-48(46-45-31)25-13-19-47(20-14-25)18-4-15-39(52)17-12-30-29-9-7-24-21-26(49)8-10-27(24)28(29)11-16-38(30,39)2/h3,5-6,8,10,21-23,25,28-30,34-37,49-52H,4,7,9,11-20H2,1-2H3/t23-,28-,29-,30+,34+,35+,36-,37-,38+,39+/m1/s1. The van der Waals surface area contributed by atoms with Crippen molar-refractivity contribution in [2.45, 2.75) is 132 Å². The molecule has 14 heteroatoms. The van der Waals surface area contributed by atoms with Crippen molar-refractivity contribution in [2.75, 3.05) is 19.6 Å². The predicted molar refractivity (Wildman–Crippen MR) is 191 cm³/mol. The van der Waals surface area contributed by atoms with Gasteiger partial charge in [0.15, 0.2) is 6.10 Å². The van der Waals surface area contributed by atoms with E-state index in [2.05, 4.69) is 33.2 Å². The number of aryl methyl sites for hydroxylation is 1. The number of benzene rings is 1. The van der Waals surface area contributed by atoms with Crippen LogP contribution in [0.5, 0.6) is 11.6 Å². The fraction of sp³-hybridized carbons (Fsp3) is 0.675. The molecular weight excluding hydrogens is 703 g/mol. The molecule has 11 nitrogen and oxygen atoms in total. The zero-order valence-corrected chi connectivity index (χ0v) is 30.9. The number of phenolic OH excluding ortho intramolecular Hbond substituents is 1. The van der Waals surface area contributed by atoms with E-state index < -0.39 is 48.0 Å². The molecule has 294 valence electrons. The molecule has 0 bridgehead atoms. The van der Waals surface area contributed by atoms with E-state index in [0.29, 0.717) is 29.2 Å². The van der Waals surface area contributed by atoms with E-state index >= 15 is 0 Å². The van der Waals surface area contributed by atoms with Gasteiger partial charge in [-0.05, 0) is 130 Å². The minimum atomic E-state index is -4.68. The average Bonchev–Trinajstić information content (AvgIpc) is 3.74. The monoisotopic (exact) mass is 755 g/mol. The minimum Gasteiger partial charge on any atom is -0.508 e. The molecule has 4 heterocycles. The number of hydrogen-bond acceptors (Lipinski definition) is 10. The van der Waals surface area contributed by atoms with Crippen LogP contribution in [0.2, 0.25) is 0 Å². The molecule has 8 rings (SSSR count). The summed E-state index contributed by atoms with van der Waals surface area (Å²) < 4.78 is 53.5. The lowest BCUT2D eigenvalue weighted by Crippen LogP contribution is -2.55. The van der Waals surface area contributed by atoms with E-state index in [1.165, 1.54) is 23.3 Å². The highest BCUT2D eigenvalue weighted by atomic mass is 19.4. The molecule has 5 aliphatic rings. The Hall–Kier alpha value is -3.30. The van der Waals surface area contributed by atoms with Crippen LogP contribution in [0.3, 0.4) is 0 Å². The van der Waals surface area contributed by atoms with Gasteiger partial charge in [-0.3, -0.25) is 0 Å². The Morgan fingerprint density at radius 2 is 1.81 bits per heavy atom. The summed E-state index contributed by atoms with van der Waals surface area (Å²) in [5.41, 5.74) is 1.17. The number of phenols is 1. The van der Waals surface area contributed by atoms with Crippen LogP contribution in [0.25, 0.3) is 0 Å². The highest BCUT2D eigenvalue weighted by molar-refractivity contribution is 5.40. The van der Waals surface area contributed by atoms with Crippen LogP contribution in [-0.4, -0.2) is 95.0 Å². The Bertz CT molecular complexity index is 1800. The lowest BCUT2D eigenvalue weighted by molar-refractivity contribution is -0.214. The van der Waals surface area contributed by atoms with E-state index in [1.54, 1.807) is 17.8 Å². The maximum Gasteiger partial charge on any atom is 0.433 e. The summed E-state index contributed by atoms with van der Waals surface area (Å²) in [5, 5.41) is 52.4. The van der Waals surface area contributed by atoms with Gasteiger partial charge in [0, 0.05) is 19.2 Å². The summed E-state index contributed by atoms with van der Waals surface area (Å²) in [5.74, 6) is 1.61. The van der Waals surface area contributed by atoms with Crippen molar-refractivity contribution in [2.24, 2.45) is 17.3 Å². The zero-order chi connectivity index (χ0) is 38.0. The molecule has 2 saturated heterocycles. The third-order valence-electron chi connectivity index (χ3n) is 13.9. The predicted octanol–water partition coefficient (Wildman–Crippen LogP) is 5.73. The second-order valence-electron chi connectivity index (χ2n) is 16.8. The van der Waals surface area contributed by atoms with E-state index in [1.807, 2.05) is 12.1 Å². The van der Waals surface area contributed by atoms with Crippen LogP contribution in [0.4, 0.5) is 13.2 Å². The van der Waals surface area contributed by atoms with Crippen molar-refractivity contribution >= 4 is 0 Å². The first-order chi connectivity index (χ1) is 25.7. The molecular formula is C40H52F3N5O6. The summed E-state index contributed by atoms with van der Waals surface area (Å²) in [7, 11) is 0. The highest BCUT2D eigenvalue weighted by Gasteiger charge is 2.61. The van der Waals surface area contributed by atoms with Crippen molar-refractivity contribution in [3.8, 4) is 11.6 Å². The first-order valence-corrected chi connectivity index (χ1v) is 19.6. The second-order valence-corrected chi connectivity index (χ2v) is 16.8. The number of ether oxygens (including phenoxy) is 2. The molecule has 10 atom stereocenters. The molecule has 2 aromatic heterocycles. The van der Waals surface area contributed by atoms with E-state index in [-0.39, 0.29) is 17.3 Å². The van der Waals surface area contributed by atoms with Crippen molar-refractivity contribution in [1.82, 2.24) is 24.9 Å². The molecule has 1 aromatic carbocycles. The number of halogens is 3. The molecule has 0 spiro atoms. The van der Waals surface area contributed by atoms with Gasteiger partial charge in [0.25, 0.3) is 0 Å². The third kappa shape index (κ3) is 6.79. The largest absolute Gasteiger partial charge is 0.508 e. The van der Waals surface area contributed by atoms with Gasteiger partial charge in [0.2, 0.25) is 5.88 Å². The van der Waals surface area contributed by atoms with Crippen LogP contribution < -0.4 is 4.74 Å².